The van der Waals surface area contributed by atoms with Gasteiger partial charge in [-0.05, 0) is 0 Å². The minimum atomic E-state index is -3.74. The predicted octanol–water partition coefficient (Wildman–Crippen LogP) is 5.06. The van der Waals surface area contributed by atoms with E-state index in [-0.39, 0.29) is 11.2 Å². The predicted molar refractivity (Wildman–Crippen MR) is 83.4 cm³/mol. The van der Waals surface area contributed by atoms with Gasteiger partial charge in [-0.3, -0.25) is 0 Å². The van der Waals surface area contributed by atoms with E-state index in [0.29, 0.717) is 13.2 Å². The van der Waals surface area contributed by atoms with Crippen molar-refractivity contribution in [1.29, 1.82) is 0 Å². The summed E-state index contributed by atoms with van der Waals surface area (Å²) in [6.07, 6.45) is 4.15. The molecule has 0 aliphatic carbocycles. The molecule has 0 spiro atoms. The van der Waals surface area contributed by atoms with Crippen LogP contribution in [0.3, 0.4) is 0 Å². The minimum absolute atomic E-state index is 0.344. The van der Waals surface area contributed by atoms with Gasteiger partial charge in [-0.1, -0.05) is 0 Å². The van der Waals surface area contributed by atoms with Crippen molar-refractivity contribution in [2.45, 2.75) is 92.3 Å². The van der Waals surface area contributed by atoms with E-state index in [1.807, 2.05) is 41.5 Å². The molecular formula is C16H36O4Ti. The van der Waals surface area contributed by atoms with E-state index in [4.69, 9.17) is 13.3 Å². The zero-order chi connectivity index (χ0) is 16.6. The first-order valence-electron chi connectivity index (χ1n) is 8.22. The third-order valence-corrected chi connectivity index (χ3v) is 6.85. The summed E-state index contributed by atoms with van der Waals surface area (Å²) in [7, 11) is 0. The molecule has 0 heterocycles. The van der Waals surface area contributed by atoms with Crippen LogP contribution in [0, 0.1) is 0 Å². The Labute approximate surface area is 137 Å². The quantitative estimate of drug-likeness (QED) is 0.411. The molecule has 0 aliphatic heterocycles. The van der Waals surface area contributed by atoms with E-state index in [1.165, 1.54) is 0 Å². The number of hydrogen-bond acceptors (Lipinski definition) is 4. The Hall–Kier alpha value is 0.554. The monoisotopic (exact) mass is 340 g/mol. The summed E-state index contributed by atoms with van der Waals surface area (Å²) in [6.45, 7) is 17.7. The molecular weight excluding hydrogens is 304 g/mol. The van der Waals surface area contributed by atoms with Gasteiger partial charge in [-0.25, -0.2) is 0 Å². The van der Waals surface area contributed by atoms with Gasteiger partial charge in [-0.15, -0.1) is 0 Å². The molecule has 0 aromatic heterocycles. The topological polar surface area (TPSA) is 36.9 Å². The zero-order valence-corrected chi connectivity index (χ0v) is 16.9. The van der Waals surface area contributed by atoms with Gasteiger partial charge in [-0.2, -0.15) is 0 Å². The summed E-state index contributed by atoms with van der Waals surface area (Å²) < 4.78 is 24.6. The fourth-order valence-electron chi connectivity index (χ4n) is 1.61. The van der Waals surface area contributed by atoms with E-state index in [9.17, 15) is 0 Å². The van der Waals surface area contributed by atoms with Crippen LogP contribution in [0.2, 0.25) is 0 Å². The zero-order valence-electron chi connectivity index (χ0n) is 15.4. The van der Waals surface area contributed by atoms with Crippen molar-refractivity contribution < 1.29 is 31.4 Å². The van der Waals surface area contributed by atoms with Crippen LogP contribution in [0.4, 0.5) is 0 Å². The van der Waals surface area contributed by atoms with E-state index in [2.05, 4.69) is 13.8 Å². The molecule has 0 N–H and O–H groups in total. The maximum absolute atomic E-state index is 6.22. The van der Waals surface area contributed by atoms with E-state index in [0.717, 1.165) is 25.7 Å². The Kier molecular flexibility index (Phi) is 9.89. The third kappa shape index (κ3) is 11.7. The molecule has 5 heteroatoms. The molecule has 0 aliphatic rings. The second-order valence-corrected chi connectivity index (χ2v) is 10.4. The van der Waals surface area contributed by atoms with Crippen LogP contribution in [0.1, 0.15) is 81.1 Å². The van der Waals surface area contributed by atoms with E-state index < -0.39 is 18.1 Å². The van der Waals surface area contributed by atoms with Crippen molar-refractivity contribution in [3.8, 4) is 0 Å². The Morgan fingerprint density at radius 3 is 1.24 bits per heavy atom. The van der Waals surface area contributed by atoms with Crippen molar-refractivity contribution in [3.63, 3.8) is 0 Å². The molecule has 0 amide bonds. The first-order valence-corrected chi connectivity index (χ1v) is 10.8. The molecule has 0 aromatic rings. The normalized spacial score (nSPS) is 13.7. The summed E-state index contributed by atoms with van der Waals surface area (Å²) in [4.78, 5) is 0. The second kappa shape index (κ2) is 9.64. The van der Waals surface area contributed by atoms with Crippen molar-refractivity contribution >= 4 is 0 Å². The summed E-state index contributed by atoms with van der Waals surface area (Å²) >= 11 is -3.74. The number of unbranched alkanes of at least 4 members (excludes halogenated alkanes) is 2. The molecule has 4 nitrogen and oxygen atoms in total. The van der Waals surface area contributed by atoms with Gasteiger partial charge in [0.05, 0.1) is 0 Å². The van der Waals surface area contributed by atoms with Gasteiger partial charge in [0.15, 0.2) is 0 Å². The molecule has 0 saturated heterocycles. The molecule has 0 unspecified atom stereocenters. The van der Waals surface area contributed by atoms with E-state index in [1.54, 1.807) is 0 Å². The first kappa shape index (κ1) is 21.6. The molecule has 0 fully saturated rings. The molecule has 0 atom stereocenters. The van der Waals surface area contributed by atoms with Gasteiger partial charge in [0.2, 0.25) is 0 Å². The van der Waals surface area contributed by atoms with Crippen LogP contribution >= 0.6 is 0 Å². The van der Waals surface area contributed by atoms with Gasteiger partial charge in [0.1, 0.15) is 0 Å². The second-order valence-electron chi connectivity index (χ2n) is 7.33. The summed E-state index contributed by atoms with van der Waals surface area (Å²) in [5, 5.41) is 0. The number of rotatable bonds is 10. The Balaban J connectivity index is 5.05. The molecule has 128 valence electrons. The van der Waals surface area contributed by atoms with Gasteiger partial charge >= 0.3 is 137 Å². The number of hydrogen-bond donors (Lipinski definition) is 0. The fraction of sp³-hybridized carbons (Fsp3) is 1.00. The van der Waals surface area contributed by atoms with Gasteiger partial charge in [0.25, 0.3) is 0 Å². The van der Waals surface area contributed by atoms with Crippen molar-refractivity contribution in [3.05, 3.63) is 0 Å². The fourth-order valence-corrected chi connectivity index (χ4v) is 5.75. The van der Waals surface area contributed by atoms with Crippen LogP contribution in [-0.2, 0) is 31.4 Å². The summed E-state index contributed by atoms with van der Waals surface area (Å²) in [6, 6.07) is 0. The van der Waals surface area contributed by atoms with Gasteiger partial charge < -0.3 is 0 Å². The van der Waals surface area contributed by atoms with Gasteiger partial charge in [0, 0.05) is 0 Å². The SMILES string of the molecule is CCCC[O][Ti]([O]CCCC)([O]C(C)(C)C)[O]C(C)(C)C. The summed E-state index contributed by atoms with van der Waals surface area (Å²) in [5.74, 6) is 0. The van der Waals surface area contributed by atoms with Crippen molar-refractivity contribution in [1.82, 2.24) is 0 Å². The van der Waals surface area contributed by atoms with Crippen molar-refractivity contribution in [2.75, 3.05) is 13.2 Å². The molecule has 0 aromatic carbocycles. The molecule has 0 bridgehead atoms. The van der Waals surface area contributed by atoms with Crippen LogP contribution < -0.4 is 0 Å². The first-order chi connectivity index (χ1) is 9.54. The van der Waals surface area contributed by atoms with Crippen LogP contribution in [0.25, 0.3) is 0 Å². The molecule has 0 radical (unpaired) electrons. The average molecular weight is 340 g/mol. The van der Waals surface area contributed by atoms with E-state index >= 15 is 0 Å². The maximum atomic E-state index is 6.22. The van der Waals surface area contributed by atoms with Crippen LogP contribution in [-0.4, -0.2) is 24.4 Å². The third-order valence-electron chi connectivity index (χ3n) is 2.42. The van der Waals surface area contributed by atoms with Crippen LogP contribution in [0.5, 0.6) is 0 Å². The molecule has 0 rings (SSSR count). The standard InChI is InChI=1S/4C4H9O.Ti/c2*1-4(2,3)5;2*1-2-3-4-5;/h2*1-3H3;2*2-4H2,1H3;/q4*-1;+4. The molecule has 0 saturated carbocycles. The Bertz CT molecular complexity index is 240. The molecule has 21 heavy (non-hydrogen) atoms. The average Bonchev–Trinajstić information content (AvgIpc) is 2.25. The van der Waals surface area contributed by atoms with Crippen molar-refractivity contribution in [2.24, 2.45) is 0 Å². The van der Waals surface area contributed by atoms with Crippen LogP contribution in [0.15, 0.2) is 0 Å². The summed E-state index contributed by atoms with van der Waals surface area (Å²) in [5.41, 5.74) is -0.687. The Morgan fingerprint density at radius 1 is 0.667 bits per heavy atom. The Morgan fingerprint density at radius 2 is 1.00 bits per heavy atom.